The maximum atomic E-state index is 10.9. The van der Waals surface area contributed by atoms with E-state index >= 15 is 0 Å². The maximum Gasteiger partial charge on any atom is 0.339 e. The first-order valence-corrected chi connectivity index (χ1v) is 4.40. The molecule has 2 rings (SSSR count). The molecule has 0 unspecified atom stereocenters. The lowest BCUT2D eigenvalue weighted by molar-refractivity contribution is 0.0697. The molecule has 4 heteroatoms. The number of hydrogen-bond acceptors (Lipinski definition) is 3. The summed E-state index contributed by atoms with van der Waals surface area (Å²) in [5.74, 6) is -0.415. The van der Waals surface area contributed by atoms with Crippen LogP contribution in [0.1, 0.15) is 16.8 Å². The number of rotatable bonds is 2. The Kier molecular flexibility index (Phi) is 2.18. The average Bonchev–Trinajstić information content (AvgIpc) is 2.70. The van der Waals surface area contributed by atoms with E-state index in [2.05, 4.69) is 4.98 Å². The third-order valence-electron chi connectivity index (χ3n) is 2.11. The molecule has 0 saturated heterocycles. The van der Waals surface area contributed by atoms with Gasteiger partial charge in [-0.3, -0.25) is 0 Å². The zero-order valence-corrected chi connectivity index (χ0v) is 7.55. The summed E-state index contributed by atoms with van der Waals surface area (Å²) in [7, 11) is 0. The molecule has 1 N–H and O–H groups in total. The molecule has 1 aromatic rings. The van der Waals surface area contributed by atoms with E-state index in [1.807, 2.05) is 17.2 Å². The average molecular weight is 190 g/mol. The minimum Gasteiger partial charge on any atom is -0.478 e. The van der Waals surface area contributed by atoms with Crippen LogP contribution in [-0.4, -0.2) is 22.6 Å². The van der Waals surface area contributed by atoms with Crippen LogP contribution in [0.3, 0.4) is 0 Å². The second-order valence-corrected chi connectivity index (χ2v) is 3.05. The highest BCUT2D eigenvalue weighted by Crippen LogP contribution is 2.20. The lowest BCUT2D eigenvalue weighted by Gasteiger charge is -2.15. The van der Waals surface area contributed by atoms with Gasteiger partial charge in [0.2, 0.25) is 0 Å². The SMILES string of the molecule is O=C(O)c1cccnc1N1C=CCC1. The van der Waals surface area contributed by atoms with E-state index < -0.39 is 5.97 Å². The second kappa shape index (κ2) is 3.49. The van der Waals surface area contributed by atoms with Crippen LogP contribution in [-0.2, 0) is 0 Å². The zero-order chi connectivity index (χ0) is 9.97. The lowest BCUT2D eigenvalue weighted by Crippen LogP contribution is -2.17. The van der Waals surface area contributed by atoms with E-state index in [1.165, 1.54) is 0 Å². The molecule has 0 aliphatic carbocycles. The molecule has 0 bridgehead atoms. The van der Waals surface area contributed by atoms with Crippen LogP contribution in [0.2, 0.25) is 0 Å². The first-order valence-electron chi connectivity index (χ1n) is 4.40. The standard InChI is InChI=1S/C10H10N2O2/c13-10(14)8-4-3-5-11-9(8)12-6-1-2-7-12/h1,3-6H,2,7H2,(H,13,14). The van der Waals surface area contributed by atoms with Crippen LogP contribution < -0.4 is 4.90 Å². The van der Waals surface area contributed by atoms with Crippen molar-refractivity contribution in [2.45, 2.75) is 6.42 Å². The van der Waals surface area contributed by atoms with Crippen molar-refractivity contribution >= 4 is 11.8 Å². The minimum absolute atomic E-state index is 0.249. The Morgan fingerprint density at radius 2 is 2.43 bits per heavy atom. The molecule has 14 heavy (non-hydrogen) atoms. The maximum absolute atomic E-state index is 10.9. The van der Waals surface area contributed by atoms with Crippen LogP contribution >= 0.6 is 0 Å². The summed E-state index contributed by atoms with van der Waals surface area (Å²) in [4.78, 5) is 16.8. The van der Waals surface area contributed by atoms with E-state index in [0.717, 1.165) is 13.0 Å². The fraction of sp³-hybridized carbons (Fsp3) is 0.200. The van der Waals surface area contributed by atoms with E-state index in [0.29, 0.717) is 5.82 Å². The lowest BCUT2D eigenvalue weighted by atomic mass is 10.2. The van der Waals surface area contributed by atoms with Gasteiger partial charge in [-0.25, -0.2) is 9.78 Å². The van der Waals surface area contributed by atoms with Gasteiger partial charge in [-0.05, 0) is 18.6 Å². The Morgan fingerprint density at radius 3 is 3.07 bits per heavy atom. The number of carboxylic acids is 1. The Hall–Kier alpha value is -1.84. The van der Waals surface area contributed by atoms with Crippen LogP contribution in [0.4, 0.5) is 5.82 Å². The molecule has 0 aromatic carbocycles. The van der Waals surface area contributed by atoms with Crippen molar-refractivity contribution in [2.75, 3.05) is 11.4 Å². The number of aromatic carboxylic acids is 1. The summed E-state index contributed by atoms with van der Waals surface area (Å²) in [5, 5.41) is 8.94. The van der Waals surface area contributed by atoms with Gasteiger partial charge in [-0.15, -0.1) is 0 Å². The Labute approximate surface area is 81.5 Å². The predicted molar refractivity (Wildman–Crippen MR) is 52.3 cm³/mol. The van der Waals surface area contributed by atoms with Crippen LogP contribution in [0.15, 0.2) is 30.6 Å². The van der Waals surface area contributed by atoms with Crippen molar-refractivity contribution in [1.29, 1.82) is 0 Å². The van der Waals surface area contributed by atoms with E-state index in [9.17, 15) is 4.79 Å². The first-order chi connectivity index (χ1) is 6.79. The summed E-state index contributed by atoms with van der Waals surface area (Å²) in [6, 6.07) is 3.20. The predicted octanol–water partition coefficient (Wildman–Crippen LogP) is 1.50. The smallest absolute Gasteiger partial charge is 0.339 e. The van der Waals surface area contributed by atoms with Gasteiger partial charge in [-0.1, -0.05) is 6.08 Å². The summed E-state index contributed by atoms with van der Waals surface area (Å²) in [5.41, 5.74) is 0.249. The van der Waals surface area contributed by atoms with Gasteiger partial charge in [0.05, 0.1) is 0 Å². The Morgan fingerprint density at radius 1 is 1.57 bits per heavy atom. The molecule has 0 atom stereocenters. The highest BCUT2D eigenvalue weighted by molar-refractivity contribution is 5.93. The molecule has 1 aliphatic heterocycles. The van der Waals surface area contributed by atoms with Gasteiger partial charge in [0.1, 0.15) is 11.4 Å². The van der Waals surface area contributed by atoms with Gasteiger partial charge in [-0.2, -0.15) is 0 Å². The molecule has 0 fully saturated rings. The summed E-state index contributed by atoms with van der Waals surface area (Å²) in [6.07, 6.45) is 6.42. The molecule has 72 valence electrons. The van der Waals surface area contributed by atoms with Crippen molar-refractivity contribution in [3.8, 4) is 0 Å². The third kappa shape index (κ3) is 1.46. The summed E-state index contributed by atoms with van der Waals surface area (Å²) in [6.45, 7) is 0.803. The number of aromatic nitrogens is 1. The van der Waals surface area contributed by atoms with Gasteiger partial charge >= 0.3 is 5.97 Å². The Balaban J connectivity index is 2.40. The van der Waals surface area contributed by atoms with Crippen molar-refractivity contribution in [3.63, 3.8) is 0 Å². The summed E-state index contributed by atoms with van der Waals surface area (Å²) < 4.78 is 0. The van der Waals surface area contributed by atoms with E-state index in [1.54, 1.807) is 18.3 Å². The van der Waals surface area contributed by atoms with Gasteiger partial charge in [0.15, 0.2) is 0 Å². The number of hydrogen-bond donors (Lipinski definition) is 1. The first kappa shape index (κ1) is 8.74. The topological polar surface area (TPSA) is 53.4 Å². The quantitative estimate of drug-likeness (QED) is 0.767. The van der Waals surface area contributed by atoms with Gasteiger partial charge in [0.25, 0.3) is 0 Å². The molecule has 0 radical (unpaired) electrons. The zero-order valence-electron chi connectivity index (χ0n) is 7.55. The van der Waals surface area contributed by atoms with Gasteiger partial charge in [0, 0.05) is 18.9 Å². The van der Waals surface area contributed by atoms with E-state index in [4.69, 9.17) is 5.11 Å². The van der Waals surface area contributed by atoms with Crippen molar-refractivity contribution in [3.05, 3.63) is 36.2 Å². The molecule has 1 aromatic heterocycles. The van der Waals surface area contributed by atoms with Crippen molar-refractivity contribution in [2.24, 2.45) is 0 Å². The van der Waals surface area contributed by atoms with Crippen LogP contribution in [0.25, 0.3) is 0 Å². The number of nitrogens with zero attached hydrogens (tertiary/aromatic N) is 2. The molecule has 0 saturated carbocycles. The molecule has 0 amide bonds. The van der Waals surface area contributed by atoms with Crippen molar-refractivity contribution < 1.29 is 9.90 Å². The highest BCUT2D eigenvalue weighted by atomic mass is 16.4. The number of carboxylic acid groups (broad SMARTS) is 1. The van der Waals surface area contributed by atoms with E-state index in [-0.39, 0.29) is 5.56 Å². The molecule has 0 spiro atoms. The monoisotopic (exact) mass is 190 g/mol. The molecule has 2 heterocycles. The minimum atomic E-state index is -0.937. The second-order valence-electron chi connectivity index (χ2n) is 3.05. The molecule has 1 aliphatic rings. The molecular formula is C10H10N2O2. The van der Waals surface area contributed by atoms with Crippen molar-refractivity contribution in [1.82, 2.24) is 4.98 Å². The largest absolute Gasteiger partial charge is 0.478 e. The van der Waals surface area contributed by atoms with Gasteiger partial charge < -0.3 is 10.0 Å². The molecule has 4 nitrogen and oxygen atoms in total. The third-order valence-corrected chi connectivity index (χ3v) is 2.11. The normalized spacial score (nSPS) is 14.7. The van der Waals surface area contributed by atoms with Crippen LogP contribution in [0.5, 0.6) is 0 Å². The number of anilines is 1. The molecular weight excluding hydrogens is 180 g/mol. The summed E-state index contributed by atoms with van der Waals surface area (Å²) >= 11 is 0. The number of pyridine rings is 1. The Bertz CT molecular complexity index is 387. The highest BCUT2D eigenvalue weighted by Gasteiger charge is 2.16. The van der Waals surface area contributed by atoms with Crippen LogP contribution in [0, 0.1) is 0 Å². The number of carbonyl (C=O) groups is 1. The fourth-order valence-electron chi connectivity index (χ4n) is 1.46. The fourth-order valence-corrected chi connectivity index (χ4v) is 1.46.